The molecule has 2 aromatic heterocycles. The second-order valence-electron chi connectivity index (χ2n) is 7.86. The van der Waals surface area contributed by atoms with E-state index in [2.05, 4.69) is 59.8 Å². The Balaban J connectivity index is 0.000000181. The zero-order valence-corrected chi connectivity index (χ0v) is 19.7. The summed E-state index contributed by atoms with van der Waals surface area (Å²) >= 11 is 0. The minimum Gasteiger partial charge on any atom is -0.496 e. The minimum absolute atomic E-state index is 0.886. The first-order valence-corrected chi connectivity index (χ1v) is 10.6. The highest BCUT2D eigenvalue weighted by molar-refractivity contribution is 5.45. The van der Waals surface area contributed by atoms with Crippen molar-refractivity contribution >= 4 is 0 Å². The summed E-state index contributed by atoms with van der Waals surface area (Å²) in [6, 6.07) is 8.27. The SMILES string of the molecule is COc1ccc(Cc2cnc[nH]2)c(C)c1C.COc1ccc(Cc2cnc[nH]2)c(C)c1C. The van der Waals surface area contributed by atoms with Crippen LogP contribution in [0, 0.1) is 27.7 Å². The molecule has 32 heavy (non-hydrogen) atoms. The smallest absolute Gasteiger partial charge is 0.122 e. The summed E-state index contributed by atoms with van der Waals surface area (Å²) < 4.78 is 10.6. The lowest BCUT2D eigenvalue weighted by molar-refractivity contribution is 0.411. The number of aromatic amines is 2. The zero-order valence-electron chi connectivity index (χ0n) is 19.7. The highest BCUT2D eigenvalue weighted by Gasteiger charge is 2.08. The Bertz CT molecular complexity index is 1040. The van der Waals surface area contributed by atoms with Crippen LogP contribution in [0.25, 0.3) is 0 Å². The topological polar surface area (TPSA) is 75.8 Å². The molecule has 0 saturated carbocycles. The molecule has 4 aromatic rings. The largest absolute Gasteiger partial charge is 0.496 e. The molecule has 0 bridgehead atoms. The van der Waals surface area contributed by atoms with E-state index in [9.17, 15) is 0 Å². The normalized spacial score (nSPS) is 10.4. The second-order valence-corrected chi connectivity index (χ2v) is 7.86. The van der Waals surface area contributed by atoms with Crippen molar-refractivity contribution in [3.8, 4) is 11.5 Å². The Labute approximate surface area is 190 Å². The fourth-order valence-electron chi connectivity index (χ4n) is 3.70. The summed E-state index contributed by atoms with van der Waals surface area (Å²) in [5, 5.41) is 0. The van der Waals surface area contributed by atoms with Gasteiger partial charge in [-0.25, -0.2) is 9.97 Å². The van der Waals surface area contributed by atoms with Gasteiger partial charge < -0.3 is 19.4 Å². The third kappa shape index (κ3) is 5.38. The highest BCUT2D eigenvalue weighted by atomic mass is 16.5. The number of hydrogen-bond donors (Lipinski definition) is 2. The minimum atomic E-state index is 0.886. The third-order valence-corrected chi connectivity index (χ3v) is 6.01. The molecular formula is C26H32N4O2. The summed E-state index contributed by atoms with van der Waals surface area (Å²) in [5.74, 6) is 1.90. The number of H-pyrrole nitrogens is 2. The predicted octanol–water partition coefficient (Wildman–Crippen LogP) is 5.25. The lowest BCUT2D eigenvalue weighted by Crippen LogP contribution is -1.97. The Hall–Kier alpha value is -3.54. The van der Waals surface area contributed by atoms with E-state index in [0.717, 1.165) is 35.7 Å². The average Bonchev–Trinajstić information content (AvgIpc) is 3.50. The maximum absolute atomic E-state index is 5.30. The van der Waals surface area contributed by atoms with Crippen LogP contribution in [0.4, 0.5) is 0 Å². The first-order valence-electron chi connectivity index (χ1n) is 10.6. The Kier molecular flexibility index (Phi) is 7.71. The Morgan fingerprint density at radius 1 is 0.625 bits per heavy atom. The molecule has 4 rings (SSSR count). The number of rotatable bonds is 6. The van der Waals surface area contributed by atoms with Crippen molar-refractivity contribution in [2.24, 2.45) is 0 Å². The molecule has 0 radical (unpaired) electrons. The number of hydrogen-bond acceptors (Lipinski definition) is 4. The van der Waals surface area contributed by atoms with E-state index in [1.54, 1.807) is 26.9 Å². The molecule has 0 aliphatic heterocycles. The van der Waals surface area contributed by atoms with Crippen LogP contribution in [0.1, 0.15) is 44.8 Å². The molecule has 0 fully saturated rings. The van der Waals surface area contributed by atoms with E-state index in [4.69, 9.17) is 9.47 Å². The number of nitrogens with zero attached hydrogens (tertiary/aromatic N) is 2. The molecule has 0 saturated heterocycles. The summed E-state index contributed by atoms with van der Waals surface area (Å²) in [4.78, 5) is 14.3. The highest BCUT2D eigenvalue weighted by Crippen LogP contribution is 2.26. The maximum Gasteiger partial charge on any atom is 0.122 e. The number of nitrogens with one attached hydrogen (secondary N) is 2. The average molecular weight is 433 g/mol. The lowest BCUT2D eigenvalue weighted by atomic mass is 9.99. The fraction of sp³-hybridized carbons (Fsp3) is 0.308. The Morgan fingerprint density at radius 2 is 1.03 bits per heavy atom. The number of aromatic nitrogens is 4. The molecule has 2 aromatic carbocycles. The third-order valence-electron chi connectivity index (χ3n) is 6.01. The van der Waals surface area contributed by atoms with Crippen molar-refractivity contribution < 1.29 is 9.47 Å². The van der Waals surface area contributed by atoms with Crippen molar-refractivity contribution in [3.05, 3.63) is 94.1 Å². The first-order chi connectivity index (χ1) is 15.4. The molecule has 2 heterocycles. The summed E-state index contributed by atoms with van der Waals surface area (Å²) in [5.41, 5.74) is 9.87. The van der Waals surface area contributed by atoms with E-state index >= 15 is 0 Å². The first kappa shape index (κ1) is 23.1. The standard InChI is InChI=1S/2C13H16N2O/c2*1-9-10(2)13(16-3)5-4-11(9)6-12-7-14-8-15-12/h2*4-5,7-8H,6H2,1-3H3,(H,14,15). The molecule has 168 valence electrons. The molecule has 0 atom stereocenters. The molecule has 0 aliphatic rings. The maximum atomic E-state index is 5.30. The van der Waals surface area contributed by atoms with Gasteiger partial charge >= 0.3 is 0 Å². The van der Waals surface area contributed by atoms with E-state index in [1.807, 2.05) is 24.5 Å². The van der Waals surface area contributed by atoms with Crippen LogP contribution < -0.4 is 9.47 Å². The van der Waals surface area contributed by atoms with Crippen LogP contribution in [0.5, 0.6) is 11.5 Å². The lowest BCUT2D eigenvalue weighted by Gasteiger charge is -2.11. The molecule has 0 amide bonds. The van der Waals surface area contributed by atoms with Gasteiger partial charge in [-0.15, -0.1) is 0 Å². The van der Waals surface area contributed by atoms with Gasteiger partial charge in [-0.2, -0.15) is 0 Å². The van der Waals surface area contributed by atoms with Crippen molar-refractivity contribution in [2.45, 2.75) is 40.5 Å². The zero-order chi connectivity index (χ0) is 23.1. The number of ether oxygens (including phenoxy) is 2. The van der Waals surface area contributed by atoms with Gasteiger partial charge in [0.15, 0.2) is 0 Å². The summed E-state index contributed by atoms with van der Waals surface area (Å²) in [6.07, 6.45) is 8.91. The molecule has 0 spiro atoms. The molecule has 0 unspecified atom stereocenters. The van der Waals surface area contributed by atoms with Gasteiger partial charge in [-0.1, -0.05) is 12.1 Å². The van der Waals surface area contributed by atoms with Crippen molar-refractivity contribution in [3.63, 3.8) is 0 Å². The number of imidazole rings is 2. The monoisotopic (exact) mass is 432 g/mol. The molecule has 6 nitrogen and oxygen atoms in total. The van der Waals surface area contributed by atoms with Crippen molar-refractivity contribution in [1.29, 1.82) is 0 Å². The number of methoxy groups -OCH3 is 2. The van der Waals surface area contributed by atoms with Crippen molar-refractivity contribution in [2.75, 3.05) is 14.2 Å². The molecule has 6 heteroatoms. The van der Waals surface area contributed by atoms with E-state index in [1.165, 1.54) is 33.4 Å². The summed E-state index contributed by atoms with van der Waals surface area (Å²) in [6.45, 7) is 8.43. The van der Waals surface area contributed by atoms with E-state index in [0.29, 0.717) is 0 Å². The van der Waals surface area contributed by atoms with Crippen LogP contribution in [0.15, 0.2) is 49.3 Å². The van der Waals surface area contributed by atoms with Crippen LogP contribution >= 0.6 is 0 Å². The number of benzene rings is 2. The predicted molar refractivity (Wildman–Crippen MR) is 128 cm³/mol. The Morgan fingerprint density at radius 3 is 1.34 bits per heavy atom. The molecular weight excluding hydrogens is 400 g/mol. The van der Waals surface area contributed by atoms with Gasteiger partial charge in [-0.05, 0) is 73.2 Å². The molecule has 2 N–H and O–H groups in total. The molecule has 0 aliphatic carbocycles. The van der Waals surface area contributed by atoms with E-state index < -0.39 is 0 Å². The van der Waals surface area contributed by atoms with Gasteiger partial charge in [0, 0.05) is 36.6 Å². The van der Waals surface area contributed by atoms with Gasteiger partial charge in [0.2, 0.25) is 0 Å². The summed E-state index contributed by atoms with van der Waals surface area (Å²) in [7, 11) is 3.41. The van der Waals surface area contributed by atoms with Crippen LogP contribution in [0.2, 0.25) is 0 Å². The second kappa shape index (κ2) is 10.7. The van der Waals surface area contributed by atoms with Crippen LogP contribution in [-0.2, 0) is 12.8 Å². The van der Waals surface area contributed by atoms with Gasteiger partial charge in [-0.3, -0.25) is 0 Å². The fourth-order valence-corrected chi connectivity index (χ4v) is 3.70. The quantitative estimate of drug-likeness (QED) is 0.436. The van der Waals surface area contributed by atoms with Crippen LogP contribution in [-0.4, -0.2) is 34.2 Å². The van der Waals surface area contributed by atoms with Crippen LogP contribution in [0.3, 0.4) is 0 Å². The van der Waals surface area contributed by atoms with Gasteiger partial charge in [0.1, 0.15) is 11.5 Å². The van der Waals surface area contributed by atoms with Gasteiger partial charge in [0.05, 0.1) is 26.9 Å². The van der Waals surface area contributed by atoms with E-state index in [-0.39, 0.29) is 0 Å². The van der Waals surface area contributed by atoms with Crippen molar-refractivity contribution in [1.82, 2.24) is 19.9 Å². The van der Waals surface area contributed by atoms with Gasteiger partial charge in [0.25, 0.3) is 0 Å².